The zero-order valence-corrected chi connectivity index (χ0v) is 35.7. The van der Waals surface area contributed by atoms with Crippen LogP contribution in [0.15, 0.2) is 0 Å². The molecule has 0 aliphatic rings. The number of aromatic nitrogens is 6. The van der Waals surface area contributed by atoms with E-state index in [2.05, 4.69) is 37.6 Å². The summed E-state index contributed by atoms with van der Waals surface area (Å²) in [7, 11) is 0. The van der Waals surface area contributed by atoms with Gasteiger partial charge >= 0.3 is 0 Å². The second kappa shape index (κ2) is 30.0. The van der Waals surface area contributed by atoms with E-state index in [0.29, 0.717) is 16.7 Å². The first-order valence-corrected chi connectivity index (χ1v) is 4.90. The Morgan fingerprint density at radius 2 is 1.48 bits per heavy atom. The Morgan fingerprint density at radius 1 is 0.966 bits per heavy atom. The van der Waals surface area contributed by atoms with Crippen LogP contribution in [0.2, 0.25) is 0 Å². The van der Waals surface area contributed by atoms with Crippen LogP contribution >= 0.6 is 0 Å². The van der Waals surface area contributed by atoms with Crippen molar-refractivity contribution in [2.45, 2.75) is 6.92 Å². The molecule has 0 bridgehead atoms. The predicted octanol–water partition coefficient (Wildman–Crippen LogP) is -0.911. The Kier molecular flexibility index (Phi) is 61.7. The van der Waals surface area contributed by atoms with Crippen molar-refractivity contribution in [1.29, 1.82) is 0 Å². The number of carbonyl (C=O) groups excluding carboxylic acids is 1. The molecule has 29 heavy (non-hydrogen) atoms. The van der Waals surface area contributed by atoms with Crippen LogP contribution in [-0.4, -0.2) is 31.0 Å². The maximum Gasteiger partial charge on any atom is 0.0651 e. The monoisotopic (exact) mass is 951 g/mol. The third-order valence-electron chi connectivity index (χ3n) is 2.39. The van der Waals surface area contributed by atoms with Crippen molar-refractivity contribution in [3.63, 3.8) is 0 Å². The van der Waals surface area contributed by atoms with Gasteiger partial charge in [0.2, 0.25) is 0 Å². The quantitative estimate of drug-likeness (QED) is 0.332. The summed E-state index contributed by atoms with van der Waals surface area (Å²) < 4.78 is 1.21. The molecule has 0 fully saturated rings. The fourth-order valence-corrected chi connectivity index (χ4v) is 1.53. The van der Waals surface area contributed by atoms with Gasteiger partial charge in [0.25, 0.3) is 0 Å². The van der Waals surface area contributed by atoms with Gasteiger partial charge in [-0.15, -0.1) is 11.1 Å². The number of anilines is 1. The Bertz CT molecular complexity index is 780. The van der Waals surface area contributed by atoms with Crippen molar-refractivity contribution in [2.24, 2.45) is 0 Å². The van der Waals surface area contributed by atoms with Gasteiger partial charge in [-0.05, 0) is 12.3 Å². The number of nitrogen functional groups attached to an aromatic ring is 1. The van der Waals surface area contributed by atoms with Crippen LogP contribution in [0.3, 0.4) is 0 Å². The molecule has 8 nitrogen and oxygen atoms in total. The normalized spacial score (nSPS) is 6.79. The molecular weight excluding hydrogens is 946 g/mol. The third-order valence-corrected chi connectivity index (χ3v) is 2.39. The van der Waals surface area contributed by atoms with Gasteiger partial charge < -0.3 is 40.2 Å². The largest absolute Gasteiger partial charge is 0.457 e. The van der Waals surface area contributed by atoms with Gasteiger partial charge in [0.1, 0.15) is 0 Å². The van der Waals surface area contributed by atoms with E-state index in [9.17, 15) is 4.79 Å². The van der Waals surface area contributed by atoms with Crippen molar-refractivity contribution in [3.05, 3.63) is 23.8 Å². The van der Waals surface area contributed by atoms with Crippen LogP contribution in [0.25, 0.3) is 17.0 Å². The maximum absolute atomic E-state index is 10.9. The Labute approximate surface area is 352 Å². The van der Waals surface area contributed by atoms with Gasteiger partial charge in [-0.25, -0.2) is 0 Å². The number of nitrogens with zero attached hydrogens (tertiary/aromatic N) is 6. The summed E-state index contributed by atoms with van der Waals surface area (Å²) in [4.78, 5) is 26.7. The molecule has 0 atom stereocenters. The number of imidazole rings is 1. The number of hydrogen-bond donors (Lipinski definition) is 1. The van der Waals surface area contributed by atoms with Crippen molar-refractivity contribution < 1.29 is 266 Å². The van der Waals surface area contributed by atoms with Gasteiger partial charge in [0, 0.05) is 267 Å². The smallest absolute Gasteiger partial charge is 0.0651 e. The standard InChI is InChI=1S/C10H5N7O.7V.4Y/c1-5-6(3-18)8-7(2-12-5)15-10(16-8)17-9(11)13-4-14-17;;;;;;;;;;;/h1H3,(H2-,11,13,14,15,16);;;;;;;;;;;/q-4;;;;;;;;;;;. The van der Waals surface area contributed by atoms with Crippen LogP contribution in [-0.2, 0) is 266 Å². The molecule has 11 radical (unpaired) electrons. The van der Waals surface area contributed by atoms with E-state index in [0.717, 1.165) is 0 Å². The first-order chi connectivity index (χ1) is 8.70. The summed E-state index contributed by atoms with van der Waals surface area (Å²) in [5, 5.41) is 3.76. The van der Waals surface area contributed by atoms with Crippen molar-refractivity contribution in [2.75, 3.05) is 5.73 Å². The van der Waals surface area contributed by atoms with E-state index in [1.54, 1.807) is 13.2 Å². The zero-order chi connectivity index (χ0) is 12.7. The molecule has 0 saturated carbocycles. The Morgan fingerprint density at radius 3 is 1.90 bits per heavy atom. The van der Waals surface area contributed by atoms with Crippen LogP contribution in [0.4, 0.5) is 5.95 Å². The van der Waals surface area contributed by atoms with Crippen molar-refractivity contribution in [1.82, 2.24) is 29.7 Å². The second-order valence-corrected chi connectivity index (χ2v) is 3.49. The molecule has 19 heteroatoms. The molecule has 0 aliphatic heterocycles. The maximum atomic E-state index is 10.9. The SMILES string of the molecule is Cc1n[c-]c2nc(-n3n[c-]nc3N)[n-]c2c1[C-]=O.[V].[V].[V].[V].[V].[V].[V].[Y].[Y].[Y].[Y]. The minimum absolute atomic E-state index is 0. The molecule has 0 amide bonds. The minimum atomic E-state index is 0. The fourth-order valence-electron chi connectivity index (χ4n) is 1.53. The van der Waals surface area contributed by atoms with E-state index in [1.165, 1.54) is 4.68 Å². The number of fused-ring (bicyclic) bond motifs is 1. The van der Waals surface area contributed by atoms with Gasteiger partial charge in [-0.2, -0.15) is 0 Å². The summed E-state index contributed by atoms with van der Waals surface area (Å²) in [5.41, 5.74) is 7.03. The molecule has 2 N–H and O–H groups in total. The average molecular weight is 951 g/mol. The fraction of sp³-hybridized carbons (Fsp3) is 0.100. The number of nitrogens with two attached hydrogens (primary N) is 1. The molecule has 137 valence electrons. The molecule has 0 aliphatic carbocycles. The number of hydrogen-bond acceptors (Lipinski definition) is 6. The van der Waals surface area contributed by atoms with Crippen LogP contribution < -0.4 is 10.7 Å². The molecule has 3 rings (SSSR count). The summed E-state index contributed by atoms with van der Waals surface area (Å²) in [5.74, 6) is 0.294. The van der Waals surface area contributed by atoms with Crippen LogP contribution in [0, 0.1) is 19.4 Å². The van der Waals surface area contributed by atoms with Crippen LogP contribution in [0.5, 0.6) is 0 Å². The first kappa shape index (κ1) is 59.7. The molecule has 3 aromatic heterocycles. The topological polar surface area (TPSA) is 114 Å². The Balaban J connectivity index is -0.0000000519. The molecule has 0 spiro atoms. The van der Waals surface area contributed by atoms with Gasteiger partial charge in [-0.1, -0.05) is 24.3 Å². The second-order valence-electron chi connectivity index (χ2n) is 3.49. The summed E-state index contributed by atoms with van der Waals surface area (Å²) >= 11 is 0. The molecule has 3 aromatic rings. The predicted molar refractivity (Wildman–Crippen MR) is 59.4 cm³/mol. The number of pyridine rings is 1. The van der Waals surface area contributed by atoms with E-state index in [4.69, 9.17) is 5.73 Å². The molecule has 3 heterocycles. The first-order valence-electron chi connectivity index (χ1n) is 4.90. The van der Waals surface area contributed by atoms with Gasteiger partial charge in [0.15, 0.2) is 0 Å². The minimum Gasteiger partial charge on any atom is -0.457 e. The zero-order valence-electron chi connectivity index (χ0n) is 14.6. The summed E-state index contributed by atoms with van der Waals surface area (Å²) in [6.07, 6.45) is 6.81. The summed E-state index contributed by atoms with van der Waals surface area (Å²) in [6, 6.07) is 0. The average Bonchev–Trinajstić information content (AvgIpc) is 2.94. The molecule has 0 unspecified atom stereocenters. The molecular formula is C10H5N7OV7Y4-4. The summed E-state index contributed by atoms with van der Waals surface area (Å²) in [6.45, 7) is 1.67. The van der Waals surface area contributed by atoms with Gasteiger partial charge in [-0.3, -0.25) is 0 Å². The van der Waals surface area contributed by atoms with E-state index >= 15 is 0 Å². The van der Waals surface area contributed by atoms with Crippen LogP contribution in [0.1, 0.15) is 11.3 Å². The van der Waals surface area contributed by atoms with Crippen molar-refractivity contribution in [3.8, 4) is 5.95 Å². The number of rotatable bonds is 2. The van der Waals surface area contributed by atoms with Crippen molar-refractivity contribution >= 4 is 23.3 Å². The van der Waals surface area contributed by atoms with Gasteiger partial charge in [0.05, 0.1) is 6.29 Å². The third kappa shape index (κ3) is 15.6. The van der Waals surface area contributed by atoms with E-state index in [1.807, 2.05) is 0 Å². The number of aryl methyl sites for hydroxylation is 1. The van der Waals surface area contributed by atoms with E-state index in [-0.39, 0.29) is 278 Å². The van der Waals surface area contributed by atoms with E-state index < -0.39 is 0 Å². The molecule has 0 saturated heterocycles. The molecule has 0 aromatic carbocycles. The Hall–Kier alpha value is 5.74.